The van der Waals surface area contributed by atoms with Gasteiger partial charge in [-0.1, -0.05) is 72.8 Å². The van der Waals surface area contributed by atoms with E-state index in [2.05, 4.69) is 21.3 Å². The maximum atomic E-state index is 13.6. The smallest absolute Gasteiger partial charge is 0.228 e. The summed E-state index contributed by atoms with van der Waals surface area (Å²) < 4.78 is 0. The van der Waals surface area contributed by atoms with Gasteiger partial charge < -0.3 is 21.3 Å². The summed E-state index contributed by atoms with van der Waals surface area (Å²) in [6, 6.07) is 35.2. The molecule has 4 aromatic rings. The molecule has 0 aromatic heterocycles. The number of rotatable bonds is 11. The summed E-state index contributed by atoms with van der Waals surface area (Å²) >= 11 is 0. The molecule has 40 heavy (non-hydrogen) atoms. The van der Waals surface area contributed by atoms with Gasteiger partial charge in [0.2, 0.25) is 23.6 Å². The molecule has 0 radical (unpaired) electrons. The van der Waals surface area contributed by atoms with Gasteiger partial charge in [0.25, 0.3) is 0 Å². The van der Waals surface area contributed by atoms with E-state index in [4.69, 9.17) is 0 Å². The van der Waals surface area contributed by atoms with E-state index < -0.39 is 35.5 Å². The first-order valence-electron chi connectivity index (χ1n) is 12.9. The third-order valence-corrected chi connectivity index (χ3v) is 6.17. The van der Waals surface area contributed by atoms with E-state index in [1.54, 1.807) is 97.1 Å². The molecule has 202 valence electrons. The van der Waals surface area contributed by atoms with Gasteiger partial charge in [-0.15, -0.1) is 0 Å². The van der Waals surface area contributed by atoms with E-state index in [1.807, 2.05) is 24.3 Å². The lowest BCUT2D eigenvalue weighted by Gasteiger charge is -2.25. The van der Waals surface area contributed by atoms with E-state index in [0.717, 1.165) is 0 Å². The highest BCUT2D eigenvalue weighted by atomic mass is 16.2. The first kappa shape index (κ1) is 27.8. The minimum absolute atomic E-state index is 0.320. The summed E-state index contributed by atoms with van der Waals surface area (Å²) in [5.41, 5.74) is 2.14. The molecule has 2 unspecified atom stereocenters. The summed E-state index contributed by atoms with van der Waals surface area (Å²) in [5.74, 6) is -4.32. The van der Waals surface area contributed by atoms with Crippen molar-refractivity contribution >= 4 is 46.4 Å². The SMILES string of the molecule is O=C(CC(C(=O)Nc1ccccc1)C(CC(=O)Nc1ccccc1)C(=O)Nc1ccccc1)Nc1ccccc1. The van der Waals surface area contributed by atoms with Gasteiger partial charge in [-0.3, -0.25) is 19.2 Å². The first-order chi connectivity index (χ1) is 19.5. The van der Waals surface area contributed by atoms with E-state index in [1.165, 1.54) is 0 Å². The fourth-order valence-electron chi connectivity index (χ4n) is 4.21. The highest BCUT2D eigenvalue weighted by molar-refractivity contribution is 6.05. The maximum absolute atomic E-state index is 13.6. The van der Waals surface area contributed by atoms with Crippen LogP contribution in [0.25, 0.3) is 0 Å². The Kier molecular flexibility index (Phi) is 9.77. The van der Waals surface area contributed by atoms with Crippen LogP contribution in [0.2, 0.25) is 0 Å². The predicted molar refractivity (Wildman–Crippen MR) is 157 cm³/mol. The van der Waals surface area contributed by atoms with Crippen molar-refractivity contribution in [3.05, 3.63) is 121 Å². The topological polar surface area (TPSA) is 116 Å². The predicted octanol–water partition coefficient (Wildman–Crippen LogP) is 5.55. The van der Waals surface area contributed by atoms with Gasteiger partial charge in [0.15, 0.2) is 0 Å². The lowest BCUT2D eigenvalue weighted by atomic mass is 9.84. The Morgan fingerprint density at radius 3 is 0.925 bits per heavy atom. The van der Waals surface area contributed by atoms with Crippen molar-refractivity contribution in [2.45, 2.75) is 12.8 Å². The number of benzene rings is 4. The van der Waals surface area contributed by atoms with Crippen molar-refractivity contribution in [1.29, 1.82) is 0 Å². The van der Waals surface area contributed by atoms with Gasteiger partial charge in [0.05, 0.1) is 11.8 Å². The lowest BCUT2D eigenvalue weighted by Crippen LogP contribution is -2.40. The summed E-state index contributed by atoms with van der Waals surface area (Å²) in [4.78, 5) is 53.5. The Hall–Kier alpha value is -5.24. The molecule has 0 aliphatic heterocycles. The van der Waals surface area contributed by atoms with Crippen molar-refractivity contribution < 1.29 is 19.2 Å². The first-order valence-corrected chi connectivity index (χ1v) is 12.9. The number of hydrogen-bond acceptors (Lipinski definition) is 4. The number of amides is 4. The quantitative estimate of drug-likeness (QED) is 0.202. The molecule has 8 nitrogen and oxygen atoms in total. The molecular weight excluding hydrogens is 504 g/mol. The molecule has 4 aromatic carbocycles. The van der Waals surface area contributed by atoms with Gasteiger partial charge >= 0.3 is 0 Å². The zero-order valence-corrected chi connectivity index (χ0v) is 21.7. The number of hydrogen-bond donors (Lipinski definition) is 4. The highest BCUT2D eigenvalue weighted by Crippen LogP contribution is 2.26. The third kappa shape index (κ3) is 8.39. The number of nitrogens with one attached hydrogen (secondary N) is 4. The normalized spacial score (nSPS) is 11.9. The molecular formula is C32H30N4O4. The third-order valence-electron chi connectivity index (χ3n) is 6.17. The monoisotopic (exact) mass is 534 g/mol. The largest absolute Gasteiger partial charge is 0.326 e. The van der Waals surface area contributed by atoms with E-state index in [0.29, 0.717) is 22.7 Å². The zero-order valence-electron chi connectivity index (χ0n) is 21.7. The van der Waals surface area contributed by atoms with Crippen LogP contribution in [0, 0.1) is 11.8 Å². The molecule has 0 bridgehead atoms. The van der Waals surface area contributed by atoms with Crippen LogP contribution in [-0.2, 0) is 19.2 Å². The van der Waals surface area contributed by atoms with Crippen LogP contribution in [0.5, 0.6) is 0 Å². The van der Waals surface area contributed by atoms with Gasteiger partial charge in [0.1, 0.15) is 0 Å². The average Bonchev–Trinajstić information content (AvgIpc) is 2.97. The molecule has 2 atom stereocenters. The summed E-state index contributed by atoms with van der Waals surface area (Å²) in [7, 11) is 0. The Morgan fingerprint density at radius 2 is 0.650 bits per heavy atom. The Bertz CT molecular complexity index is 1300. The van der Waals surface area contributed by atoms with Gasteiger partial charge in [0, 0.05) is 35.6 Å². The minimum atomic E-state index is -1.16. The molecule has 0 spiro atoms. The van der Waals surface area contributed by atoms with Crippen LogP contribution in [0.3, 0.4) is 0 Å². The zero-order chi connectivity index (χ0) is 28.2. The van der Waals surface area contributed by atoms with Crippen LogP contribution in [-0.4, -0.2) is 23.6 Å². The molecule has 0 fully saturated rings. The molecule has 4 rings (SSSR count). The van der Waals surface area contributed by atoms with Crippen LogP contribution in [0.15, 0.2) is 121 Å². The molecule has 4 amide bonds. The Labute approximate surface area is 232 Å². The molecule has 0 saturated heterocycles. The second-order valence-corrected chi connectivity index (χ2v) is 9.16. The van der Waals surface area contributed by atoms with E-state index in [-0.39, 0.29) is 12.8 Å². The molecule has 0 aliphatic carbocycles. The van der Waals surface area contributed by atoms with Crippen molar-refractivity contribution in [3.63, 3.8) is 0 Å². The summed E-state index contributed by atoms with van der Waals surface area (Å²) in [6.07, 6.45) is -0.641. The van der Waals surface area contributed by atoms with Crippen LogP contribution in [0.1, 0.15) is 12.8 Å². The van der Waals surface area contributed by atoms with Crippen molar-refractivity contribution in [1.82, 2.24) is 0 Å². The highest BCUT2D eigenvalue weighted by Gasteiger charge is 2.37. The van der Waals surface area contributed by atoms with Gasteiger partial charge in [-0.05, 0) is 48.5 Å². The summed E-state index contributed by atoms with van der Waals surface area (Å²) in [6.45, 7) is 0. The van der Waals surface area contributed by atoms with Crippen LogP contribution >= 0.6 is 0 Å². The Morgan fingerprint density at radius 1 is 0.400 bits per heavy atom. The molecule has 8 heteroatoms. The summed E-state index contributed by atoms with van der Waals surface area (Å²) in [5, 5.41) is 11.2. The Balaban J connectivity index is 1.62. The molecule has 0 heterocycles. The fraction of sp³-hybridized carbons (Fsp3) is 0.125. The van der Waals surface area contributed by atoms with Crippen molar-refractivity contribution in [2.24, 2.45) is 11.8 Å². The van der Waals surface area contributed by atoms with Crippen molar-refractivity contribution in [3.8, 4) is 0 Å². The van der Waals surface area contributed by atoms with Crippen molar-refractivity contribution in [2.75, 3.05) is 21.3 Å². The van der Waals surface area contributed by atoms with E-state index >= 15 is 0 Å². The van der Waals surface area contributed by atoms with Crippen LogP contribution < -0.4 is 21.3 Å². The lowest BCUT2D eigenvalue weighted by molar-refractivity contribution is -0.134. The second-order valence-electron chi connectivity index (χ2n) is 9.16. The number of para-hydroxylation sites is 4. The maximum Gasteiger partial charge on any atom is 0.228 e. The second kappa shape index (κ2) is 14.1. The van der Waals surface area contributed by atoms with Gasteiger partial charge in [-0.25, -0.2) is 0 Å². The minimum Gasteiger partial charge on any atom is -0.326 e. The molecule has 4 N–H and O–H groups in total. The number of carbonyl (C=O) groups is 4. The number of anilines is 4. The molecule has 0 aliphatic rings. The fourth-order valence-corrected chi connectivity index (χ4v) is 4.21. The van der Waals surface area contributed by atoms with E-state index in [9.17, 15) is 19.2 Å². The van der Waals surface area contributed by atoms with Crippen LogP contribution in [0.4, 0.5) is 22.7 Å². The number of carbonyl (C=O) groups excluding carboxylic acids is 4. The standard InChI is InChI=1S/C32H30N4O4/c37-29(33-23-13-5-1-6-14-23)21-27(31(39)35-25-17-9-3-10-18-25)28(32(40)36-26-19-11-4-12-20-26)22-30(38)34-24-15-7-2-8-16-24/h1-20,27-28H,21-22H2,(H,33,37)(H,34,38)(H,35,39)(H,36,40). The van der Waals surface area contributed by atoms with Gasteiger partial charge in [-0.2, -0.15) is 0 Å². The average molecular weight is 535 g/mol. The molecule has 0 saturated carbocycles.